The SMILES string of the molecule is CCOc1ccc(-c2noc(CCC(=O)NC(C)c3ccc(C)cc3)n2)cc1. The number of nitrogens with one attached hydrogen (secondary N) is 1. The Hall–Kier alpha value is -3.15. The summed E-state index contributed by atoms with van der Waals surface area (Å²) in [5.41, 5.74) is 3.12. The Bertz CT molecular complexity index is 902. The number of ether oxygens (including phenoxy) is 1. The standard InChI is InChI=1S/C22H25N3O3/c1-4-27-19-11-9-18(10-12-19)22-24-21(28-25-22)14-13-20(26)23-16(3)17-7-5-15(2)6-8-17/h5-12,16H,4,13-14H2,1-3H3,(H,23,26). The summed E-state index contributed by atoms with van der Waals surface area (Å²) < 4.78 is 10.7. The summed E-state index contributed by atoms with van der Waals surface area (Å²) in [4.78, 5) is 16.6. The molecule has 0 aliphatic heterocycles. The highest BCUT2D eigenvalue weighted by Gasteiger charge is 2.13. The van der Waals surface area contributed by atoms with Gasteiger partial charge < -0.3 is 14.6 Å². The topological polar surface area (TPSA) is 77.2 Å². The number of hydrogen-bond acceptors (Lipinski definition) is 5. The van der Waals surface area contributed by atoms with E-state index < -0.39 is 0 Å². The molecule has 0 aliphatic carbocycles. The third-order valence-electron chi connectivity index (χ3n) is 4.41. The molecular formula is C22H25N3O3. The van der Waals surface area contributed by atoms with Gasteiger partial charge in [0.25, 0.3) is 0 Å². The third-order valence-corrected chi connectivity index (χ3v) is 4.41. The molecule has 6 nitrogen and oxygen atoms in total. The van der Waals surface area contributed by atoms with E-state index in [1.165, 1.54) is 5.56 Å². The summed E-state index contributed by atoms with van der Waals surface area (Å²) in [6.07, 6.45) is 0.692. The fourth-order valence-electron chi connectivity index (χ4n) is 2.81. The van der Waals surface area contributed by atoms with Gasteiger partial charge in [-0.05, 0) is 50.6 Å². The van der Waals surface area contributed by atoms with Crippen molar-refractivity contribution in [2.24, 2.45) is 0 Å². The monoisotopic (exact) mass is 379 g/mol. The maximum Gasteiger partial charge on any atom is 0.227 e. The summed E-state index contributed by atoms with van der Waals surface area (Å²) >= 11 is 0. The first-order valence-corrected chi connectivity index (χ1v) is 9.47. The molecule has 1 unspecified atom stereocenters. The van der Waals surface area contributed by atoms with Crippen LogP contribution in [0.25, 0.3) is 11.4 Å². The lowest BCUT2D eigenvalue weighted by Crippen LogP contribution is -2.26. The van der Waals surface area contributed by atoms with Gasteiger partial charge in [0.05, 0.1) is 12.6 Å². The zero-order chi connectivity index (χ0) is 19.9. The van der Waals surface area contributed by atoms with E-state index in [9.17, 15) is 4.79 Å². The third kappa shape index (κ3) is 5.19. The van der Waals surface area contributed by atoms with Crippen molar-refractivity contribution in [2.75, 3.05) is 6.61 Å². The Labute approximate surface area is 164 Å². The predicted octanol–water partition coefficient (Wildman–Crippen LogP) is 4.25. The van der Waals surface area contributed by atoms with E-state index in [0.29, 0.717) is 31.2 Å². The predicted molar refractivity (Wildman–Crippen MR) is 107 cm³/mol. The van der Waals surface area contributed by atoms with Crippen LogP contribution in [0.2, 0.25) is 0 Å². The van der Waals surface area contributed by atoms with E-state index in [2.05, 4.69) is 15.5 Å². The van der Waals surface area contributed by atoms with Gasteiger partial charge in [-0.2, -0.15) is 4.98 Å². The number of hydrogen-bond donors (Lipinski definition) is 1. The Morgan fingerprint density at radius 3 is 2.54 bits per heavy atom. The van der Waals surface area contributed by atoms with Crippen molar-refractivity contribution in [3.63, 3.8) is 0 Å². The largest absolute Gasteiger partial charge is 0.494 e. The maximum absolute atomic E-state index is 12.2. The summed E-state index contributed by atoms with van der Waals surface area (Å²) in [6, 6.07) is 15.6. The van der Waals surface area contributed by atoms with Crippen molar-refractivity contribution in [3.05, 3.63) is 65.5 Å². The van der Waals surface area contributed by atoms with Crippen molar-refractivity contribution in [1.29, 1.82) is 0 Å². The van der Waals surface area contributed by atoms with Gasteiger partial charge in [0.15, 0.2) is 0 Å². The Balaban J connectivity index is 1.52. The molecule has 1 N–H and O–H groups in total. The van der Waals surface area contributed by atoms with Crippen LogP contribution in [0.15, 0.2) is 53.1 Å². The highest BCUT2D eigenvalue weighted by atomic mass is 16.5. The molecular weight excluding hydrogens is 354 g/mol. The first-order valence-electron chi connectivity index (χ1n) is 9.47. The summed E-state index contributed by atoms with van der Waals surface area (Å²) in [7, 11) is 0. The van der Waals surface area contributed by atoms with Crippen LogP contribution in [0, 0.1) is 6.92 Å². The first-order chi connectivity index (χ1) is 13.5. The zero-order valence-corrected chi connectivity index (χ0v) is 16.4. The molecule has 2 aromatic carbocycles. The highest BCUT2D eigenvalue weighted by molar-refractivity contribution is 5.76. The molecule has 0 spiro atoms. The Kier molecular flexibility index (Phi) is 6.42. The van der Waals surface area contributed by atoms with Gasteiger partial charge in [-0.3, -0.25) is 4.79 Å². The Morgan fingerprint density at radius 2 is 1.86 bits per heavy atom. The van der Waals surface area contributed by atoms with E-state index in [4.69, 9.17) is 9.26 Å². The molecule has 0 radical (unpaired) electrons. The van der Waals surface area contributed by atoms with Crippen LogP contribution < -0.4 is 10.1 Å². The number of nitrogens with zero attached hydrogens (tertiary/aromatic N) is 2. The lowest BCUT2D eigenvalue weighted by Gasteiger charge is -2.14. The second kappa shape index (κ2) is 9.17. The minimum Gasteiger partial charge on any atom is -0.494 e. The minimum atomic E-state index is -0.0473. The van der Waals surface area contributed by atoms with Crippen molar-refractivity contribution >= 4 is 5.91 Å². The van der Waals surface area contributed by atoms with Crippen LogP contribution in [0.5, 0.6) is 5.75 Å². The van der Waals surface area contributed by atoms with Gasteiger partial charge in [-0.15, -0.1) is 0 Å². The molecule has 0 saturated heterocycles. The van der Waals surface area contributed by atoms with Gasteiger partial charge in [-0.25, -0.2) is 0 Å². The van der Waals surface area contributed by atoms with Gasteiger partial charge in [0.2, 0.25) is 17.6 Å². The van der Waals surface area contributed by atoms with Crippen molar-refractivity contribution in [3.8, 4) is 17.1 Å². The van der Waals surface area contributed by atoms with Crippen LogP contribution in [-0.4, -0.2) is 22.7 Å². The first kappa shape index (κ1) is 19.6. The number of benzene rings is 2. The molecule has 146 valence electrons. The molecule has 1 aromatic heterocycles. The molecule has 6 heteroatoms. The zero-order valence-electron chi connectivity index (χ0n) is 16.4. The van der Waals surface area contributed by atoms with Crippen LogP contribution in [0.1, 0.15) is 43.3 Å². The summed E-state index contributed by atoms with van der Waals surface area (Å²) in [5, 5.41) is 7.00. The van der Waals surface area contributed by atoms with Crippen molar-refractivity contribution < 1.29 is 14.1 Å². The van der Waals surface area contributed by atoms with Crippen LogP contribution >= 0.6 is 0 Å². The van der Waals surface area contributed by atoms with Crippen LogP contribution in [0.4, 0.5) is 0 Å². The lowest BCUT2D eigenvalue weighted by atomic mass is 10.1. The minimum absolute atomic E-state index is 0.0461. The number of carbonyl (C=O) groups excluding carboxylic acids is 1. The van der Waals surface area contributed by atoms with E-state index >= 15 is 0 Å². The number of carbonyl (C=O) groups is 1. The van der Waals surface area contributed by atoms with Gasteiger partial charge in [-0.1, -0.05) is 35.0 Å². The molecule has 0 saturated carbocycles. The van der Waals surface area contributed by atoms with Crippen LogP contribution in [-0.2, 0) is 11.2 Å². The molecule has 28 heavy (non-hydrogen) atoms. The molecule has 1 amide bonds. The van der Waals surface area contributed by atoms with Crippen molar-refractivity contribution in [2.45, 2.75) is 39.7 Å². The van der Waals surface area contributed by atoms with Gasteiger partial charge >= 0.3 is 0 Å². The number of aryl methyl sites for hydroxylation is 2. The second-order valence-electron chi connectivity index (χ2n) is 6.67. The van der Waals surface area contributed by atoms with E-state index in [1.807, 2.05) is 69.3 Å². The average molecular weight is 379 g/mol. The van der Waals surface area contributed by atoms with Gasteiger partial charge in [0.1, 0.15) is 5.75 Å². The number of amides is 1. The molecule has 1 heterocycles. The number of aromatic nitrogens is 2. The second-order valence-corrected chi connectivity index (χ2v) is 6.67. The smallest absolute Gasteiger partial charge is 0.227 e. The summed E-state index contributed by atoms with van der Waals surface area (Å²) in [5.74, 6) is 1.71. The molecule has 0 fully saturated rings. The highest BCUT2D eigenvalue weighted by Crippen LogP contribution is 2.20. The maximum atomic E-state index is 12.2. The Morgan fingerprint density at radius 1 is 1.14 bits per heavy atom. The van der Waals surface area contributed by atoms with E-state index in [0.717, 1.165) is 16.9 Å². The fraction of sp³-hybridized carbons (Fsp3) is 0.318. The average Bonchev–Trinajstić information content (AvgIpc) is 3.17. The van der Waals surface area contributed by atoms with E-state index in [-0.39, 0.29) is 11.9 Å². The lowest BCUT2D eigenvalue weighted by molar-refractivity contribution is -0.121. The van der Waals surface area contributed by atoms with E-state index in [1.54, 1.807) is 0 Å². The van der Waals surface area contributed by atoms with Gasteiger partial charge in [0, 0.05) is 18.4 Å². The quantitative estimate of drug-likeness (QED) is 0.633. The molecule has 1 atom stereocenters. The number of rotatable bonds is 8. The molecule has 3 aromatic rings. The molecule has 3 rings (SSSR count). The normalized spacial score (nSPS) is 11.8. The van der Waals surface area contributed by atoms with Crippen LogP contribution in [0.3, 0.4) is 0 Å². The fourth-order valence-corrected chi connectivity index (χ4v) is 2.81. The summed E-state index contributed by atoms with van der Waals surface area (Å²) in [6.45, 7) is 6.58. The molecule has 0 bridgehead atoms. The molecule has 0 aliphatic rings. The van der Waals surface area contributed by atoms with Crippen molar-refractivity contribution in [1.82, 2.24) is 15.5 Å².